The Bertz CT molecular complexity index is 2280. The van der Waals surface area contributed by atoms with Gasteiger partial charge in [0, 0.05) is 66.4 Å². The average molecular weight is 615 g/mol. The zero-order valence-electron chi connectivity index (χ0n) is 25.7. The number of amides is 1. The highest BCUT2D eigenvalue weighted by Crippen LogP contribution is 2.40. The van der Waals surface area contributed by atoms with Crippen molar-refractivity contribution in [3.05, 3.63) is 70.6 Å². The van der Waals surface area contributed by atoms with Crippen LogP contribution in [0.5, 0.6) is 5.75 Å². The summed E-state index contributed by atoms with van der Waals surface area (Å²) in [6.45, 7) is 1.55. The smallest absolute Gasteiger partial charge is 0.254 e. The van der Waals surface area contributed by atoms with Gasteiger partial charge in [0.25, 0.3) is 5.91 Å². The van der Waals surface area contributed by atoms with Crippen molar-refractivity contribution in [1.29, 1.82) is 0 Å². The van der Waals surface area contributed by atoms with Crippen molar-refractivity contribution in [2.24, 2.45) is 24.6 Å². The van der Waals surface area contributed by atoms with Crippen molar-refractivity contribution < 1.29 is 9.53 Å². The number of benzene rings is 1. The molecule has 0 spiro atoms. The van der Waals surface area contributed by atoms with Gasteiger partial charge in [-0.05, 0) is 80.0 Å². The van der Waals surface area contributed by atoms with E-state index in [0.29, 0.717) is 40.9 Å². The van der Waals surface area contributed by atoms with Crippen LogP contribution in [-0.4, -0.2) is 65.6 Å². The Kier molecular flexibility index (Phi) is 5.92. The van der Waals surface area contributed by atoms with Crippen molar-refractivity contribution in [2.45, 2.75) is 44.3 Å². The van der Waals surface area contributed by atoms with Gasteiger partial charge in [0.2, 0.25) is 5.56 Å². The van der Waals surface area contributed by atoms with Gasteiger partial charge in [-0.15, -0.1) is 0 Å². The van der Waals surface area contributed by atoms with Crippen LogP contribution in [0.3, 0.4) is 0 Å². The number of carbonyl (C=O) groups excluding carboxylic acids is 1. The van der Waals surface area contributed by atoms with Gasteiger partial charge in [-0.25, -0.2) is 15.0 Å². The van der Waals surface area contributed by atoms with E-state index in [9.17, 15) is 9.59 Å². The summed E-state index contributed by atoms with van der Waals surface area (Å²) in [4.78, 5) is 45.0. The van der Waals surface area contributed by atoms with Crippen molar-refractivity contribution >= 4 is 39.0 Å². The summed E-state index contributed by atoms with van der Waals surface area (Å²) in [5, 5.41) is 1.87. The third kappa shape index (κ3) is 4.18. The number of H-pyrrole nitrogens is 1. The zero-order valence-corrected chi connectivity index (χ0v) is 25.7. The van der Waals surface area contributed by atoms with Crippen molar-refractivity contribution in [2.75, 3.05) is 13.7 Å². The lowest BCUT2D eigenvalue weighted by Crippen LogP contribution is -2.41. The summed E-state index contributed by atoms with van der Waals surface area (Å²) < 4.78 is 10.2. The highest BCUT2D eigenvalue weighted by molar-refractivity contribution is 6.00. The first-order chi connectivity index (χ1) is 22.4. The maximum Gasteiger partial charge on any atom is 0.254 e. The molecule has 9 rings (SSSR count). The van der Waals surface area contributed by atoms with E-state index >= 15 is 0 Å². The number of aryl methyl sites for hydroxylation is 1. The van der Waals surface area contributed by atoms with Gasteiger partial charge in [-0.2, -0.15) is 0 Å². The molecule has 6 aromatic rings. The fourth-order valence-electron chi connectivity index (χ4n) is 7.66. The SMILES string of the molecule is COc1cc(C(=O)N2CC3CCC2[C@@H]3N)cc2nc(-c3cc4ccc(-c5cnc6[nH]c(=O)ccc6c5)nc4n3CC3CC3)n(C)c12. The molecule has 1 aromatic carbocycles. The van der Waals surface area contributed by atoms with Gasteiger partial charge < -0.3 is 29.5 Å². The lowest BCUT2D eigenvalue weighted by Gasteiger charge is -2.27. The molecule has 1 saturated heterocycles. The molecule has 3 atom stereocenters. The van der Waals surface area contributed by atoms with E-state index in [-0.39, 0.29) is 23.6 Å². The number of pyridine rings is 3. The largest absolute Gasteiger partial charge is 0.494 e. The highest BCUT2D eigenvalue weighted by atomic mass is 16.5. The number of piperidine rings is 1. The second kappa shape index (κ2) is 9.98. The topological polar surface area (TPSA) is 137 Å². The Morgan fingerprint density at radius 1 is 1.04 bits per heavy atom. The van der Waals surface area contributed by atoms with Gasteiger partial charge in [0.1, 0.15) is 22.6 Å². The van der Waals surface area contributed by atoms with E-state index in [2.05, 4.69) is 31.2 Å². The Morgan fingerprint density at radius 2 is 1.89 bits per heavy atom. The molecule has 11 nitrogen and oxygen atoms in total. The molecule has 0 radical (unpaired) electrons. The van der Waals surface area contributed by atoms with Gasteiger partial charge in [0.15, 0.2) is 5.82 Å². The normalized spacial score (nSPS) is 20.8. The number of nitrogens with zero attached hydrogens (tertiary/aromatic N) is 6. The third-order valence-electron chi connectivity index (χ3n) is 10.3. The molecular formula is C35H34N8O3. The second-order valence-electron chi connectivity index (χ2n) is 13.2. The van der Waals surface area contributed by atoms with Crippen molar-refractivity contribution in [1.82, 2.24) is 34.0 Å². The lowest BCUT2D eigenvalue weighted by molar-refractivity contribution is 0.0700. The quantitative estimate of drug-likeness (QED) is 0.282. The molecule has 2 bridgehead atoms. The van der Waals surface area contributed by atoms with E-state index in [0.717, 1.165) is 64.1 Å². The van der Waals surface area contributed by atoms with Crippen LogP contribution in [0, 0.1) is 11.8 Å². The number of fused-ring (bicyclic) bond motifs is 5. The molecule has 3 N–H and O–H groups in total. The first-order valence-electron chi connectivity index (χ1n) is 16.0. The van der Waals surface area contributed by atoms with Crippen LogP contribution in [0.2, 0.25) is 0 Å². The van der Waals surface area contributed by atoms with Crippen LogP contribution in [0.4, 0.5) is 0 Å². The van der Waals surface area contributed by atoms with E-state index in [4.69, 9.17) is 20.4 Å². The predicted octanol–water partition coefficient (Wildman–Crippen LogP) is 4.47. The molecular weight excluding hydrogens is 580 g/mol. The molecule has 11 heteroatoms. The predicted molar refractivity (Wildman–Crippen MR) is 176 cm³/mol. The number of carbonyl (C=O) groups is 1. The Hall–Kier alpha value is -5.03. The number of hydrogen-bond donors (Lipinski definition) is 2. The maximum atomic E-state index is 13.7. The molecule has 2 unspecified atom stereocenters. The number of imidazole rings is 1. The van der Waals surface area contributed by atoms with E-state index < -0.39 is 0 Å². The Labute approximate surface area is 264 Å². The standard InChI is InChI=1S/C35H34N8O3/c1-41-31-25(12-22(14-28(31)46-2)35(45)43-17-21-6-9-26(43)30(21)36)39-34(41)27-13-20-5-8-24(38-33(20)42(27)16-18-3-4-18)23-11-19-7-10-29(44)40-32(19)37-15-23/h5,7-8,10-15,18,21,26,30H,3-4,6,9,16-17,36H2,1-2H3,(H,37,40,44)/t21?,26?,30-/m1/s1. The number of hydrogen-bond acceptors (Lipinski definition) is 7. The third-order valence-corrected chi connectivity index (χ3v) is 10.3. The minimum Gasteiger partial charge on any atom is -0.494 e. The number of rotatable bonds is 6. The number of aromatic nitrogens is 6. The fraction of sp³-hybridized carbons (Fsp3) is 0.343. The van der Waals surface area contributed by atoms with Crippen LogP contribution >= 0.6 is 0 Å². The molecule has 3 aliphatic rings. The van der Waals surface area contributed by atoms with E-state index in [1.54, 1.807) is 19.4 Å². The Morgan fingerprint density at radius 3 is 2.65 bits per heavy atom. The number of aromatic amines is 1. The van der Waals surface area contributed by atoms with Crippen LogP contribution < -0.4 is 16.0 Å². The summed E-state index contributed by atoms with van der Waals surface area (Å²) in [5.41, 5.74) is 12.5. The first-order valence-corrected chi connectivity index (χ1v) is 16.0. The van der Waals surface area contributed by atoms with Crippen LogP contribution in [0.25, 0.3) is 55.9 Å². The lowest BCUT2D eigenvalue weighted by atomic mass is 10.1. The summed E-state index contributed by atoms with van der Waals surface area (Å²) in [6.07, 6.45) is 6.18. The van der Waals surface area contributed by atoms with E-state index in [1.165, 1.54) is 18.9 Å². The maximum absolute atomic E-state index is 13.7. The van der Waals surface area contributed by atoms with E-state index in [1.807, 2.05) is 36.2 Å². The molecule has 1 aliphatic heterocycles. The zero-order chi connectivity index (χ0) is 31.3. The van der Waals surface area contributed by atoms with Gasteiger partial charge >= 0.3 is 0 Å². The second-order valence-corrected chi connectivity index (χ2v) is 13.2. The molecule has 1 amide bonds. The number of nitrogens with two attached hydrogens (primary N) is 1. The number of methoxy groups -OCH3 is 1. The average Bonchev–Trinajstić information content (AvgIpc) is 3.47. The minimum atomic E-state index is -0.178. The number of nitrogens with one attached hydrogen (secondary N) is 1. The molecule has 2 saturated carbocycles. The molecule has 5 aromatic heterocycles. The highest BCUT2D eigenvalue weighted by Gasteiger charge is 2.47. The fourth-order valence-corrected chi connectivity index (χ4v) is 7.66. The van der Waals surface area contributed by atoms with Crippen LogP contribution in [0.1, 0.15) is 36.0 Å². The molecule has 232 valence electrons. The van der Waals surface area contributed by atoms with Crippen molar-refractivity contribution in [3.8, 4) is 28.5 Å². The minimum absolute atomic E-state index is 0.0100. The Balaban J connectivity index is 1.15. The monoisotopic (exact) mass is 614 g/mol. The number of ether oxygens (including phenoxy) is 1. The summed E-state index contributed by atoms with van der Waals surface area (Å²) >= 11 is 0. The van der Waals surface area contributed by atoms with Crippen LogP contribution in [0.15, 0.2) is 59.5 Å². The molecule has 3 fully saturated rings. The molecule has 2 aliphatic carbocycles. The summed E-state index contributed by atoms with van der Waals surface area (Å²) in [6, 6.07) is 15.4. The van der Waals surface area contributed by atoms with Crippen molar-refractivity contribution in [3.63, 3.8) is 0 Å². The summed E-state index contributed by atoms with van der Waals surface area (Å²) in [7, 11) is 3.63. The van der Waals surface area contributed by atoms with Gasteiger partial charge in [-0.3, -0.25) is 9.59 Å². The number of likely N-dealkylation sites (tertiary alicyclic amines) is 1. The summed E-state index contributed by atoms with van der Waals surface area (Å²) in [5.74, 6) is 2.37. The molecule has 46 heavy (non-hydrogen) atoms. The molecule has 6 heterocycles. The van der Waals surface area contributed by atoms with Gasteiger partial charge in [0.05, 0.1) is 24.0 Å². The first kappa shape index (κ1) is 27.3. The van der Waals surface area contributed by atoms with Gasteiger partial charge in [-0.1, -0.05) is 0 Å². The van der Waals surface area contributed by atoms with Crippen LogP contribution in [-0.2, 0) is 13.6 Å².